The van der Waals surface area contributed by atoms with Crippen molar-refractivity contribution in [3.63, 3.8) is 0 Å². The van der Waals surface area contributed by atoms with Crippen LogP contribution < -0.4 is 16.2 Å². The van der Waals surface area contributed by atoms with Gasteiger partial charge in [-0.2, -0.15) is 13.2 Å². The Kier molecular flexibility index (Phi) is 8.51. The fourth-order valence-electron chi connectivity index (χ4n) is 5.53. The van der Waals surface area contributed by atoms with E-state index in [1.165, 1.54) is 28.6 Å². The van der Waals surface area contributed by atoms with Gasteiger partial charge in [0.05, 0.1) is 23.5 Å². The molecule has 2 amide bonds. The summed E-state index contributed by atoms with van der Waals surface area (Å²) >= 11 is 2.92. The van der Waals surface area contributed by atoms with E-state index in [0.717, 1.165) is 25.3 Å². The number of carbonyl (C=O) groups is 2. The van der Waals surface area contributed by atoms with Crippen molar-refractivity contribution in [3.05, 3.63) is 97.9 Å². The Morgan fingerprint density at radius 2 is 1.81 bits per heavy atom. The smallest absolute Gasteiger partial charge is 0.355 e. The highest BCUT2D eigenvalue weighted by molar-refractivity contribution is 9.10. The van der Waals surface area contributed by atoms with Crippen LogP contribution in [0.5, 0.6) is 0 Å². The van der Waals surface area contributed by atoms with Crippen molar-refractivity contribution < 1.29 is 22.8 Å². The minimum absolute atomic E-state index is 0.0463. The lowest BCUT2D eigenvalue weighted by Gasteiger charge is -2.36. The maximum Gasteiger partial charge on any atom is 0.417 e. The molecule has 2 unspecified atom stereocenters. The van der Waals surface area contributed by atoms with Crippen LogP contribution in [0.3, 0.4) is 0 Å². The number of halogens is 4. The molecule has 5 rings (SSSR count). The molecule has 2 heterocycles. The van der Waals surface area contributed by atoms with Crippen LogP contribution in [-0.2, 0) is 19.1 Å². The molecule has 1 aliphatic heterocycles. The molecule has 2 atom stereocenters. The second kappa shape index (κ2) is 12.0. The molecule has 0 saturated heterocycles. The van der Waals surface area contributed by atoms with Crippen LogP contribution in [0.1, 0.15) is 63.7 Å². The molecule has 12 heteroatoms. The molecule has 2 aliphatic rings. The van der Waals surface area contributed by atoms with E-state index in [9.17, 15) is 27.6 Å². The van der Waals surface area contributed by atoms with E-state index in [0.29, 0.717) is 28.4 Å². The molecule has 1 fully saturated rings. The average Bonchev–Trinajstić information content (AvgIpc) is 2.95. The summed E-state index contributed by atoms with van der Waals surface area (Å²) in [5.41, 5.74) is 0.369. The molecule has 8 nitrogen and oxygen atoms in total. The number of hydrogen-bond acceptors (Lipinski definition) is 5. The van der Waals surface area contributed by atoms with E-state index in [1.807, 2.05) is 0 Å². The van der Waals surface area contributed by atoms with Gasteiger partial charge < -0.3 is 15.5 Å². The Bertz CT molecular complexity index is 1630. The number of alkyl halides is 3. The summed E-state index contributed by atoms with van der Waals surface area (Å²) in [6.45, 7) is 5.67. The van der Waals surface area contributed by atoms with Gasteiger partial charge in [0.15, 0.2) is 0 Å². The van der Waals surface area contributed by atoms with Crippen molar-refractivity contribution in [2.45, 2.75) is 57.4 Å². The van der Waals surface area contributed by atoms with Crippen LogP contribution in [0, 0.1) is 5.92 Å². The Balaban J connectivity index is 1.55. The van der Waals surface area contributed by atoms with Crippen molar-refractivity contribution in [3.8, 4) is 5.69 Å². The highest BCUT2D eigenvalue weighted by atomic mass is 79.9. The molecular weight excluding hydrogens is 627 g/mol. The lowest BCUT2D eigenvalue weighted by atomic mass is 9.80. The van der Waals surface area contributed by atoms with Gasteiger partial charge in [0.1, 0.15) is 0 Å². The predicted octanol–water partition coefficient (Wildman–Crippen LogP) is 5.73. The monoisotopic (exact) mass is 657 g/mol. The molecule has 1 saturated carbocycles. The molecule has 1 aromatic heterocycles. The second-order valence-corrected chi connectivity index (χ2v) is 11.8. The van der Waals surface area contributed by atoms with Crippen molar-refractivity contribution in [1.29, 1.82) is 0 Å². The van der Waals surface area contributed by atoms with E-state index in [-0.39, 0.29) is 46.5 Å². The molecule has 0 spiro atoms. The number of carbonyl (C=O) groups excluding carboxylic acids is 2. The summed E-state index contributed by atoms with van der Waals surface area (Å²) in [5, 5.41) is 5.95. The van der Waals surface area contributed by atoms with E-state index in [4.69, 9.17) is 4.98 Å². The summed E-state index contributed by atoms with van der Waals surface area (Å²) in [6.07, 6.45) is 0.434. The summed E-state index contributed by atoms with van der Waals surface area (Å²) in [7, 11) is 1.53. The summed E-state index contributed by atoms with van der Waals surface area (Å²) < 4.78 is 41.9. The number of nitrogens with zero attached hydrogens (tertiary/aromatic N) is 3. The molecule has 2 N–H and O–H groups in total. The Morgan fingerprint density at radius 3 is 2.40 bits per heavy atom. The third-order valence-electron chi connectivity index (χ3n) is 8.22. The van der Waals surface area contributed by atoms with Gasteiger partial charge in [0.25, 0.3) is 17.4 Å². The second-order valence-electron chi connectivity index (χ2n) is 10.9. The molecule has 0 bridgehead atoms. The minimum atomic E-state index is -4.64. The van der Waals surface area contributed by atoms with Crippen LogP contribution in [0.2, 0.25) is 0 Å². The molecule has 43 heavy (non-hydrogen) atoms. The maximum atomic E-state index is 14.1. The number of benzene rings is 2. The van der Waals surface area contributed by atoms with Crippen molar-refractivity contribution >= 4 is 33.7 Å². The van der Waals surface area contributed by atoms with Crippen molar-refractivity contribution in [2.75, 3.05) is 12.4 Å². The zero-order valence-electron chi connectivity index (χ0n) is 23.7. The zero-order valence-corrected chi connectivity index (χ0v) is 25.3. The van der Waals surface area contributed by atoms with Crippen LogP contribution in [0.15, 0.2) is 64.4 Å². The predicted molar refractivity (Wildman–Crippen MR) is 160 cm³/mol. The van der Waals surface area contributed by atoms with E-state index in [1.54, 1.807) is 37.3 Å². The fourth-order valence-corrected chi connectivity index (χ4v) is 6.00. The van der Waals surface area contributed by atoms with Gasteiger partial charge in [-0.3, -0.25) is 14.4 Å². The first-order valence-electron chi connectivity index (χ1n) is 14.0. The number of anilines is 1. The number of nitrogens with one attached hydrogen (secondary N) is 2. The Hall–Kier alpha value is -3.93. The standard InChI is InChI=1S/C31H31BrF3N5O3/c1-4-25(18-6-5-7-18)37-30-38-26-16-39(28(42)20-10-13-24(32)23(15-20)31(33,34)35)17(2)14-22(26)29(43)40(30)21-11-8-19(9-12-21)27(41)36-3/h4,8-13,15,17-18,25H,1,5-7,14,16H2,2-3H3,(H,36,41)(H,37,38). The van der Waals surface area contributed by atoms with Crippen LogP contribution in [0.4, 0.5) is 19.1 Å². The number of aromatic nitrogens is 2. The molecular formula is C31H31BrF3N5O3. The number of amides is 2. The Morgan fingerprint density at radius 1 is 1.14 bits per heavy atom. The first-order valence-corrected chi connectivity index (χ1v) is 14.8. The van der Waals surface area contributed by atoms with Gasteiger partial charge in [-0.1, -0.05) is 28.4 Å². The average molecular weight is 659 g/mol. The first-order chi connectivity index (χ1) is 20.4. The van der Waals surface area contributed by atoms with Crippen molar-refractivity contribution in [1.82, 2.24) is 19.8 Å². The molecule has 2 aromatic carbocycles. The SMILES string of the molecule is C=CC(Nc1nc2c(c(=O)n1-c1ccc(C(=O)NC)cc1)CC(C)N(C(=O)c1ccc(Br)c(C(F)(F)F)c1)C2)C1CCC1. The van der Waals surface area contributed by atoms with Gasteiger partial charge >= 0.3 is 6.18 Å². The zero-order chi connectivity index (χ0) is 31.1. The highest BCUT2D eigenvalue weighted by Gasteiger charge is 2.36. The van der Waals surface area contributed by atoms with Gasteiger partial charge in [0.2, 0.25) is 5.95 Å². The van der Waals surface area contributed by atoms with Crippen LogP contribution in [0.25, 0.3) is 5.69 Å². The van der Waals surface area contributed by atoms with E-state index >= 15 is 0 Å². The van der Waals surface area contributed by atoms with Gasteiger partial charge in [-0.25, -0.2) is 9.55 Å². The first kappa shape index (κ1) is 30.5. The topological polar surface area (TPSA) is 96.3 Å². The molecule has 0 radical (unpaired) electrons. The molecule has 226 valence electrons. The fraction of sp³-hybridized carbons (Fsp3) is 0.355. The normalized spacial score (nSPS) is 17.4. The van der Waals surface area contributed by atoms with Crippen LogP contribution >= 0.6 is 15.9 Å². The summed E-state index contributed by atoms with van der Waals surface area (Å²) in [6, 6.07) is 9.35. The van der Waals surface area contributed by atoms with E-state index < -0.39 is 23.7 Å². The van der Waals surface area contributed by atoms with Crippen LogP contribution in [-0.4, -0.2) is 45.4 Å². The quantitative estimate of drug-likeness (QED) is 0.317. The lowest BCUT2D eigenvalue weighted by molar-refractivity contribution is -0.138. The van der Waals surface area contributed by atoms with Crippen molar-refractivity contribution in [2.24, 2.45) is 5.92 Å². The minimum Gasteiger partial charge on any atom is -0.355 e. The maximum absolute atomic E-state index is 14.1. The molecule has 3 aromatic rings. The lowest BCUT2D eigenvalue weighted by Crippen LogP contribution is -2.46. The Labute approximate surface area is 255 Å². The third-order valence-corrected chi connectivity index (χ3v) is 8.91. The van der Waals surface area contributed by atoms with Gasteiger partial charge in [0, 0.05) is 40.3 Å². The van der Waals surface area contributed by atoms with Gasteiger partial charge in [-0.15, -0.1) is 6.58 Å². The number of hydrogen-bond donors (Lipinski definition) is 2. The van der Waals surface area contributed by atoms with Gasteiger partial charge in [-0.05, 0) is 74.6 Å². The largest absolute Gasteiger partial charge is 0.417 e. The van der Waals surface area contributed by atoms with E-state index in [2.05, 4.69) is 33.1 Å². The number of rotatable bonds is 7. The summed E-state index contributed by atoms with van der Waals surface area (Å²) in [4.78, 5) is 45.9. The number of fused-ring (bicyclic) bond motifs is 1. The molecule has 1 aliphatic carbocycles. The highest BCUT2D eigenvalue weighted by Crippen LogP contribution is 2.36. The summed E-state index contributed by atoms with van der Waals surface area (Å²) in [5.74, 6) is -0.255. The third kappa shape index (κ3) is 5.97.